The van der Waals surface area contributed by atoms with Crippen molar-refractivity contribution in [3.05, 3.63) is 47.7 Å². The molecule has 0 saturated carbocycles. The third-order valence-electron chi connectivity index (χ3n) is 7.91. The number of piperazine rings is 1. The second-order valence-electron chi connectivity index (χ2n) is 10.7. The monoisotopic (exact) mass is 543 g/mol. The zero-order chi connectivity index (χ0) is 28.0. The number of hydrogen-bond acceptors (Lipinski definition) is 8. The number of benzene rings is 2. The van der Waals surface area contributed by atoms with Crippen molar-refractivity contribution in [1.82, 2.24) is 25.2 Å². The predicted octanol–water partition coefficient (Wildman–Crippen LogP) is 3.75. The van der Waals surface area contributed by atoms with Gasteiger partial charge in [0.25, 0.3) is 0 Å². The van der Waals surface area contributed by atoms with Gasteiger partial charge in [-0.25, -0.2) is 13.8 Å². The first-order valence-corrected chi connectivity index (χ1v) is 13.5. The van der Waals surface area contributed by atoms with Crippen molar-refractivity contribution in [2.45, 2.75) is 18.9 Å². The molecule has 2 aliphatic rings. The molecule has 0 aliphatic carbocycles. The fourth-order valence-electron chi connectivity index (χ4n) is 5.74. The molecule has 1 atom stereocenters. The van der Waals surface area contributed by atoms with Crippen molar-refractivity contribution < 1.29 is 13.9 Å². The Morgan fingerprint density at radius 3 is 2.70 bits per heavy atom. The van der Waals surface area contributed by atoms with Crippen LogP contribution in [0.15, 0.2) is 30.5 Å². The number of terminal acetylenes is 1. The van der Waals surface area contributed by atoms with Crippen LogP contribution in [0.5, 0.6) is 5.75 Å². The van der Waals surface area contributed by atoms with Gasteiger partial charge in [-0.1, -0.05) is 12.0 Å². The molecule has 8 nitrogen and oxygen atoms in total. The van der Waals surface area contributed by atoms with E-state index in [2.05, 4.69) is 33.1 Å². The van der Waals surface area contributed by atoms with Gasteiger partial charge in [-0.15, -0.1) is 6.42 Å². The molecule has 2 aliphatic heterocycles. The minimum Gasteiger partial charge on any atom is -0.508 e. The van der Waals surface area contributed by atoms with Crippen LogP contribution in [-0.4, -0.2) is 84.4 Å². The highest BCUT2D eigenvalue weighted by atomic mass is 19.1. The minimum absolute atomic E-state index is 0.0147. The summed E-state index contributed by atoms with van der Waals surface area (Å²) < 4.78 is 31.3. The van der Waals surface area contributed by atoms with E-state index >= 15 is 4.39 Å². The molecular formula is C30H31F2N7O. The first-order chi connectivity index (χ1) is 19.3. The lowest BCUT2D eigenvalue weighted by molar-refractivity contribution is 0.311. The summed E-state index contributed by atoms with van der Waals surface area (Å²) in [4.78, 5) is 20.4. The highest BCUT2D eigenvalue weighted by Gasteiger charge is 2.26. The van der Waals surface area contributed by atoms with E-state index in [0.717, 1.165) is 45.6 Å². The van der Waals surface area contributed by atoms with Crippen LogP contribution >= 0.6 is 0 Å². The van der Waals surface area contributed by atoms with E-state index in [9.17, 15) is 9.50 Å². The number of likely N-dealkylation sites (N-methyl/N-ethyl adjacent to an activating group) is 2. The molecule has 2 aromatic heterocycles. The van der Waals surface area contributed by atoms with E-state index in [4.69, 9.17) is 16.4 Å². The summed E-state index contributed by atoms with van der Waals surface area (Å²) in [6.45, 7) is 4.82. The summed E-state index contributed by atoms with van der Waals surface area (Å²) in [6, 6.07) is 5.89. The molecule has 4 heterocycles. The van der Waals surface area contributed by atoms with Gasteiger partial charge in [-0.3, -0.25) is 4.98 Å². The minimum atomic E-state index is -0.678. The van der Waals surface area contributed by atoms with Gasteiger partial charge >= 0.3 is 0 Å². The molecule has 0 unspecified atom stereocenters. The number of anilines is 2. The molecule has 6 rings (SSSR count). The number of aromatic hydroxyl groups is 1. The molecule has 2 fully saturated rings. The van der Waals surface area contributed by atoms with Crippen molar-refractivity contribution in [2.75, 3.05) is 63.2 Å². The first kappa shape index (κ1) is 26.2. The SMILES string of the molecule is C#Cc1c(F)ccc2cc(O)cc(-c3ncc4c(N(C)C[C@@H]5CCCN5)nc(N5CCN(C)CC5)nc4c3F)c12. The quantitative estimate of drug-likeness (QED) is 0.369. The van der Waals surface area contributed by atoms with E-state index in [1.807, 2.05) is 11.9 Å². The molecule has 2 saturated heterocycles. The van der Waals surface area contributed by atoms with Gasteiger partial charge in [-0.05, 0) is 50.0 Å². The molecule has 2 N–H and O–H groups in total. The lowest BCUT2D eigenvalue weighted by atomic mass is 9.96. The van der Waals surface area contributed by atoms with E-state index < -0.39 is 11.6 Å². The molecule has 206 valence electrons. The molecule has 0 radical (unpaired) electrons. The van der Waals surface area contributed by atoms with Crippen molar-refractivity contribution >= 4 is 33.4 Å². The zero-order valence-electron chi connectivity index (χ0n) is 22.6. The maximum atomic E-state index is 16.6. The van der Waals surface area contributed by atoms with Crippen LogP contribution in [-0.2, 0) is 0 Å². The summed E-state index contributed by atoms with van der Waals surface area (Å²) in [5, 5.41) is 15.2. The molecule has 2 aromatic carbocycles. The maximum absolute atomic E-state index is 16.6. The third kappa shape index (κ3) is 4.65. The van der Waals surface area contributed by atoms with E-state index in [0.29, 0.717) is 40.5 Å². The Balaban J connectivity index is 1.55. The van der Waals surface area contributed by atoms with Crippen LogP contribution in [0.3, 0.4) is 0 Å². The number of halogens is 2. The van der Waals surface area contributed by atoms with Gasteiger partial charge in [0, 0.05) is 63.0 Å². The summed E-state index contributed by atoms with van der Waals surface area (Å²) >= 11 is 0. The van der Waals surface area contributed by atoms with Crippen LogP contribution < -0.4 is 15.1 Å². The van der Waals surface area contributed by atoms with Crippen LogP contribution in [0.1, 0.15) is 18.4 Å². The average Bonchev–Trinajstić information content (AvgIpc) is 3.46. The Morgan fingerprint density at radius 1 is 1.18 bits per heavy atom. The van der Waals surface area contributed by atoms with Crippen molar-refractivity contribution in [3.8, 4) is 29.4 Å². The van der Waals surface area contributed by atoms with E-state index in [1.165, 1.54) is 24.3 Å². The maximum Gasteiger partial charge on any atom is 0.228 e. The first-order valence-electron chi connectivity index (χ1n) is 13.5. The standard InChI is InChI=1S/C30H31F2N7O/c1-4-21-24(31)8-7-18-14-20(40)15-22(25(18)21)27-26(32)28-23(16-34-27)29(38(3)17-19-6-5-9-33-19)36-30(35-28)39-12-10-37(2)11-13-39/h1,7-8,14-16,19,33,40H,5-6,9-13,17H2,2-3H3/t19-/m0/s1. The van der Waals surface area contributed by atoms with Gasteiger partial charge in [0.05, 0.1) is 10.9 Å². The summed E-state index contributed by atoms with van der Waals surface area (Å²) in [5.41, 5.74) is 0.237. The van der Waals surface area contributed by atoms with Crippen LogP contribution in [0.25, 0.3) is 32.9 Å². The molecule has 40 heavy (non-hydrogen) atoms. The number of pyridine rings is 1. The van der Waals surface area contributed by atoms with Gasteiger partial charge in [-0.2, -0.15) is 4.98 Å². The number of fused-ring (bicyclic) bond motifs is 2. The highest BCUT2D eigenvalue weighted by Crippen LogP contribution is 2.38. The smallest absolute Gasteiger partial charge is 0.228 e. The van der Waals surface area contributed by atoms with Crippen LogP contribution in [0.2, 0.25) is 0 Å². The van der Waals surface area contributed by atoms with E-state index in [1.54, 1.807) is 6.20 Å². The van der Waals surface area contributed by atoms with Gasteiger partial charge in [0.2, 0.25) is 5.95 Å². The molecule has 0 bridgehead atoms. The average molecular weight is 544 g/mol. The molecule has 4 aromatic rings. The number of hydrogen-bond donors (Lipinski definition) is 2. The number of rotatable bonds is 5. The predicted molar refractivity (Wildman–Crippen MR) is 154 cm³/mol. The number of phenolic OH excluding ortho intramolecular Hbond substituents is 1. The largest absolute Gasteiger partial charge is 0.508 e. The van der Waals surface area contributed by atoms with Gasteiger partial charge in [0.1, 0.15) is 28.6 Å². The summed E-state index contributed by atoms with van der Waals surface area (Å²) in [6.07, 6.45) is 9.39. The Kier molecular flexibility index (Phi) is 6.86. The summed E-state index contributed by atoms with van der Waals surface area (Å²) in [7, 11) is 4.02. The Morgan fingerprint density at radius 2 is 1.98 bits per heavy atom. The van der Waals surface area contributed by atoms with Crippen molar-refractivity contribution in [1.29, 1.82) is 0 Å². The zero-order valence-corrected chi connectivity index (χ0v) is 22.6. The van der Waals surface area contributed by atoms with E-state index in [-0.39, 0.29) is 28.1 Å². The van der Waals surface area contributed by atoms with Crippen LogP contribution in [0.4, 0.5) is 20.5 Å². The number of phenols is 1. The van der Waals surface area contributed by atoms with Crippen molar-refractivity contribution in [3.63, 3.8) is 0 Å². The van der Waals surface area contributed by atoms with Gasteiger partial charge < -0.3 is 25.1 Å². The Hall–Kier alpha value is -4.07. The Bertz CT molecular complexity index is 1640. The lowest BCUT2D eigenvalue weighted by Gasteiger charge is -2.33. The Labute approximate surface area is 231 Å². The number of aromatic nitrogens is 3. The number of nitrogens with zero attached hydrogens (tertiary/aromatic N) is 6. The van der Waals surface area contributed by atoms with Gasteiger partial charge in [0.15, 0.2) is 5.82 Å². The normalized spacial score (nSPS) is 18.0. The lowest BCUT2D eigenvalue weighted by Crippen LogP contribution is -2.45. The highest BCUT2D eigenvalue weighted by molar-refractivity contribution is 6.03. The molecule has 10 heteroatoms. The molecule has 0 spiro atoms. The fraction of sp³-hybridized carbons (Fsp3) is 0.367. The topological polar surface area (TPSA) is 80.7 Å². The van der Waals surface area contributed by atoms with Crippen LogP contribution in [0, 0.1) is 24.0 Å². The summed E-state index contributed by atoms with van der Waals surface area (Å²) in [5.74, 6) is 2.04. The fourth-order valence-corrected chi connectivity index (χ4v) is 5.74. The number of nitrogens with one attached hydrogen (secondary N) is 1. The second kappa shape index (κ2) is 10.5. The molecule has 0 amide bonds. The van der Waals surface area contributed by atoms with Crippen molar-refractivity contribution in [2.24, 2.45) is 0 Å². The molecular weight excluding hydrogens is 512 g/mol. The third-order valence-corrected chi connectivity index (χ3v) is 7.91. The second-order valence-corrected chi connectivity index (χ2v) is 10.7.